The summed E-state index contributed by atoms with van der Waals surface area (Å²) in [5.74, 6) is -11.0. The molecule has 1 amide bonds. The van der Waals surface area contributed by atoms with Gasteiger partial charge in [-0.1, -0.05) is 37.6 Å². The largest absolute Gasteiger partial charge is 0.435 e. The molecule has 0 bridgehead atoms. The summed E-state index contributed by atoms with van der Waals surface area (Å²) in [4.78, 5) is 18.9. The number of alkyl halides is 8. The van der Waals surface area contributed by atoms with Gasteiger partial charge in [0, 0.05) is 40.6 Å². The van der Waals surface area contributed by atoms with E-state index in [1.54, 1.807) is 0 Å². The average molecular weight is 1030 g/mol. The summed E-state index contributed by atoms with van der Waals surface area (Å²) < 4.78 is 198. The number of rotatable bonds is 16. The first-order valence-electron chi connectivity index (χ1n) is 20.5. The van der Waals surface area contributed by atoms with Crippen molar-refractivity contribution in [1.82, 2.24) is 29.9 Å². The fraction of sp³-hybridized carbons (Fsp3) is 0.476. The van der Waals surface area contributed by atoms with Gasteiger partial charge in [0.25, 0.3) is 5.92 Å². The van der Waals surface area contributed by atoms with Gasteiger partial charge in [0.15, 0.2) is 21.3 Å². The molecule has 0 radical (unpaired) electrons. The highest BCUT2D eigenvalue weighted by Crippen LogP contribution is 2.55. The predicted octanol–water partition coefficient (Wildman–Crippen LogP) is 8.27. The number of nitrogens with zero attached hydrogens (tertiary/aromatic N) is 6. The number of aryl methyl sites for hydroxylation is 1. The Morgan fingerprint density at radius 2 is 1.56 bits per heavy atom. The molecule has 0 saturated carbocycles. The topological polar surface area (TPSA) is 169 Å². The number of pyridine rings is 1. The van der Waals surface area contributed by atoms with Crippen LogP contribution < -0.4 is 9.62 Å². The lowest BCUT2D eigenvalue weighted by Crippen LogP contribution is -2.35. The van der Waals surface area contributed by atoms with Gasteiger partial charge >= 0.3 is 12.4 Å². The summed E-state index contributed by atoms with van der Waals surface area (Å²) in [6, 6.07) is 5.56. The molecule has 5 aromatic rings. The number of hydrogen-bond acceptors (Lipinski definition) is 9. The van der Waals surface area contributed by atoms with E-state index < -0.39 is 139 Å². The Balaban J connectivity index is 1.62. The maximum atomic E-state index is 15.7. The molecule has 2 aromatic carbocycles. The molecule has 13 nitrogen and oxygen atoms in total. The number of aromatic nitrogens is 5. The van der Waals surface area contributed by atoms with Crippen LogP contribution in [0.2, 0.25) is 5.02 Å². The van der Waals surface area contributed by atoms with Gasteiger partial charge in [-0.25, -0.2) is 29.9 Å². The molecule has 3 heterocycles. The number of fused-ring (bicyclic) bond motifs is 2. The molecule has 2 N–H and O–H groups in total. The van der Waals surface area contributed by atoms with Crippen molar-refractivity contribution in [3.05, 3.63) is 93.0 Å². The average Bonchev–Trinajstić information content (AvgIpc) is 3.81. The van der Waals surface area contributed by atoms with Crippen molar-refractivity contribution in [3.63, 3.8) is 0 Å². The summed E-state index contributed by atoms with van der Waals surface area (Å²) in [7, 11) is -8.08. The van der Waals surface area contributed by atoms with Crippen LogP contribution in [0.25, 0.3) is 22.0 Å². The fourth-order valence-corrected chi connectivity index (χ4v) is 9.71. The second-order valence-corrected chi connectivity index (χ2v) is 22.3. The van der Waals surface area contributed by atoms with E-state index in [1.165, 1.54) is 38.1 Å². The van der Waals surface area contributed by atoms with Crippen molar-refractivity contribution >= 4 is 54.1 Å². The first-order valence-corrected chi connectivity index (χ1v) is 24.6. The molecule has 0 unspecified atom stereocenters. The summed E-state index contributed by atoms with van der Waals surface area (Å²) >= 11 is 6.60. The number of nitrogens with one attached hydrogen (secondary N) is 1. The summed E-state index contributed by atoms with van der Waals surface area (Å²) in [5.41, 5.74) is -4.90. The molecule has 3 atom stereocenters. The minimum absolute atomic E-state index is 0.0835. The zero-order valence-corrected chi connectivity index (χ0v) is 39.3. The molecular weight excluding hydrogens is 988 g/mol. The molecule has 26 heteroatoms. The normalized spacial score (nSPS) is 17.1. The Kier molecular flexibility index (Phi) is 14.2. The van der Waals surface area contributed by atoms with E-state index in [2.05, 4.69) is 15.5 Å². The van der Waals surface area contributed by atoms with Crippen molar-refractivity contribution in [3.8, 4) is 11.1 Å². The SMILES string of the molecule is C[C@@H]1c2c(C(F)(F)F)nn(CC(=O)N[C@@H](Cc3cc(F)cc(F)c3)c3nc(CCC(C)(C)S(C)(=O)=O)ccc3-c3ccc(Cl)c4c(N(CCO)S(C)(=O)=O)nn(CC(F)(F)F)c34)c2C(F)(F)[C@@H]1C. The van der Waals surface area contributed by atoms with E-state index >= 15 is 8.78 Å². The standard InChI is InChI=1S/C42H44ClF10N7O6S2/c1-21-22(2)41(49,50)37-32(21)36(42(51,52)53)56-58(37)19-31(62)55-30(17-23-15-24(44)18-25(45)16-23)34-27(8-7-26(54-34)11-12-39(3,4)67(5,63)64)28-9-10-29(43)33-35(28)59(20-40(46,47)48)57-38(33)60(13-14-61)68(6,65)66/h7-10,15-16,18,21-22,30,61H,11-14,17,19-20H2,1-6H3,(H,55,62)/t21-,22+,30-/m0/s1. The number of halogens is 11. The number of aliphatic hydroxyl groups is 1. The lowest BCUT2D eigenvalue weighted by Gasteiger charge is -2.25. The van der Waals surface area contributed by atoms with E-state index in [9.17, 15) is 61.9 Å². The Morgan fingerprint density at radius 3 is 2.12 bits per heavy atom. The van der Waals surface area contributed by atoms with Crippen LogP contribution in [-0.4, -0.2) is 89.0 Å². The van der Waals surface area contributed by atoms with Crippen molar-refractivity contribution in [2.75, 3.05) is 30.0 Å². The van der Waals surface area contributed by atoms with Crippen molar-refractivity contribution in [2.24, 2.45) is 5.92 Å². The van der Waals surface area contributed by atoms with Crippen molar-refractivity contribution < 1.29 is 70.6 Å². The summed E-state index contributed by atoms with van der Waals surface area (Å²) in [6.07, 6.45) is -9.39. The molecule has 0 spiro atoms. The number of aliphatic hydroxyl groups excluding tert-OH is 1. The molecule has 6 rings (SSSR count). The quantitative estimate of drug-likeness (QED) is 0.0925. The number of anilines is 1. The van der Waals surface area contributed by atoms with E-state index in [1.807, 2.05) is 0 Å². The van der Waals surface area contributed by atoms with Gasteiger partial charge in [0.1, 0.15) is 30.4 Å². The molecular formula is C42H44ClF10N7O6S2. The minimum Gasteiger partial charge on any atom is -0.394 e. The Morgan fingerprint density at radius 1 is 0.941 bits per heavy atom. The maximum Gasteiger partial charge on any atom is 0.435 e. The molecule has 1 aliphatic carbocycles. The van der Waals surface area contributed by atoms with E-state index in [0.29, 0.717) is 21.3 Å². The smallest absolute Gasteiger partial charge is 0.394 e. The molecule has 1 aliphatic rings. The highest BCUT2D eigenvalue weighted by atomic mass is 35.5. The van der Waals surface area contributed by atoms with Crippen LogP contribution in [0.3, 0.4) is 0 Å². The van der Waals surface area contributed by atoms with E-state index in [-0.39, 0.29) is 56.0 Å². The third-order valence-electron chi connectivity index (χ3n) is 12.0. The second kappa shape index (κ2) is 18.4. The van der Waals surface area contributed by atoms with Gasteiger partial charge in [-0.05, 0) is 68.9 Å². The van der Waals surface area contributed by atoms with Gasteiger partial charge in [-0.2, -0.15) is 45.3 Å². The lowest BCUT2D eigenvalue weighted by atomic mass is 9.93. The Labute approximate surface area is 388 Å². The van der Waals surface area contributed by atoms with Crippen molar-refractivity contribution in [1.29, 1.82) is 0 Å². The van der Waals surface area contributed by atoms with Crippen LogP contribution in [0.1, 0.15) is 80.0 Å². The molecule has 3 aromatic heterocycles. The number of carbonyl (C=O) groups excluding carboxylic acids is 1. The van der Waals surface area contributed by atoms with Crippen molar-refractivity contribution in [2.45, 2.75) is 95.0 Å². The van der Waals surface area contributed by atoms with Gasteiger partial charge in [0.2, 0.25) is 15.9 Å². The van der Waals surface area contributed by atoms with Gasteiger partial charge < -0.3 is 10.4 Å². The summed E-state index contributed by atoms with van der Waals surface area (Å²) in [6.45, 7) is 0.408. The molecule has 372 valence electrons. The zero-order chi connectivity index (χ0) is 50.9. The number of amides is 1. The van der Waals surface area contributed by atoms with Crippen LogP contribution in [0, 0.1) is 17.6 Å². The molecule has 0 aliphatic heterocycles. The van der Waals surface area contributed by atoms with E-state index in [4.69, 9.17) is 16.6 Å². The van der Waals surface area contributed by atoms with Crippen LogP contribution in [0.15, 0.2) is 42.5 Å². The number of benzene rings is 2. The first-order chi connectivity index (χ1) is 31.2. The van der Waals surface area contributed by atoms with Crippen LogP contribution in [0.4, 0.5) is 49.7 Å². The second-order valence-electron chi connectivity index (χ2n) is 17.3. The minimum atomic E-state index is -5.23. The Bertz CT molecular complexity index is 2980. The Hall–Kier alpha value is -5.01. The molecule has 0 fully saturated rings. The summed E-state index contributed by atoms with van der Waals surface area (Å²) in [5, 5.41) is 19.0. The number of carbonyl (C=O) groups is 1. The first kappa shape index (κ1) is 52.4. The monoisotopic (exact) mass is 1030 g/mol. The highest BCUT2D eigenvalue weighted by molar-refractivity contribution is 7.92. The number of sulfonamides is 1. The molecule has 0 saturated heterocycles. The fourth-order valence-electron chi connectivity index (χ4n) is 8.14. The predicted molar refractivity (Wildman–Crippen MR) is 230 cm³/mol. The van der Waals surface area contributed by atoms with Gasteiger partial charge in [0.05, 0.1) is 51.8 Å². The van der Waals surface area contributed by atoms with Crippen LogP contribution >= 0.6 is 11.6 Å². The third kappa shape index (κ3) is 10.6. The third-order valence-corrected chi connectivity index (χ3v) is 15.7. The van der Waals surface area contributed by atoms with E-state index in [0.717, 1.165) is 32.2 Å². The number of sulfone groups is 1. The maximum absolute atomic E-state index is 15.7. The van der Waals surface area contributed by atoms with Crippen LogP contribution in [0.5, 0.6) is 0 Å². The number of hydrogen-bond donors (Lipinski definition) is 2. The van der Waals surface area contributed by atoms with Crippen LogP contribution in [-0.2, 0) is 62.7 Å². The van der Waals surface area contributed by atoms with Gasteiger partial charge in [-0.15, -0.1) is 0 Å². The zero-order valence-electron chi connectivity index (χ0n) is 36.9. The molecule has 68 heavy (non-hydrogen) atoms. The lowest BCUT2D eigenvalue weighted by molar-refractivity contribution is -0.143. The van der Waals surface area contributed by atoms with Gasteiger partial charge in [-0.3, -0.25) is 19.1 Å². The highest BCUT2D eigenvalue weighted by Gasteiger charge is 2.57.